The highest BCUT2D eigenvalue weighted by atomic mass is 35.5. The number of carbonyl (C=O) groups is 1. The molecule has 5 heteroatoms. The van der Waals surface area contributed by atoms with E-state index in [1.807, 2.05) is 18.2 Å². The molecule has 0 amide bonds. The molecule has 1 unspecified atom stereocenters. The highest BCUT2D eigenvalue weighted by Crippen LogP contribution is 2.32. The minimum atomic E-state index is -0.192. The maximum absolute atomic E-state index is 11.2. The minimum Gasteiger partial charge on any atom is -0.469 e. The summed E-state index contributed by atoms with van der Waals surface area (Å²) in [4.78, 5) is 11.2. The van der Waals surface area contributed by atoms with Crippen LogP contribution in [0.15, 0.2) is 24.3 Å². The fraction of sp³-hybridized carbons (Fsp3) is 0.588. The van der Waals surface area contributed by atoms with E-state index in [9.17, 15) is 4.79 Å². The van der Waals surface area contributed by atoms with Gasteiger partial charge in [-0.25, -0.2) is 0 Å². The first-order valence-corrected chi connectivity index (χ1v) is 8.23. The molecule has 22 heavy (non-hydrogen) atoms. The Bertz CT molecular complexity index is 475. The normalized spacial score (nSPS) is 19.6. The van der Waals surface area contributed by atoms with Crippen LogP contribution in [0.1, 0.15) is 37.4 Å². The van der Waals surface area contributed by atoms with Crippen molar-refractivity contribution in [1.29, 1.82) is 0 Å². The minimum absolute atomic E-state index is 0.0177. The average molecular weight is 326 g/mol. The van der Waals surface area contributed by atoms with Crippen LogP contribution in [0, 0.1) is 5.92 Å². The van der Waals surface area contributed by atoms with Crippen molar-refractivity contribution >= 4 is 17.6 Å². The van der Waals surface area contributed by atoms with Crippen molar-refractivity contribution in [2.75, 3.05) is 26.8 Å². The summed E-state index contributed by atoms with van der Waals surface area (Å²) in [5, 5.41) is 4.16. The zero-order chi connectivity index (χ0) is 15.8. The van der Waals surface area contributed by atoms with Crippen LogP contribution in [0.5, 0.6) is 0 Å². The summed E-state index contributed by atoms with van der Waals surface area (Å²) in [6.45, 7) is 2.57. The second kappa shape index (κ2) is 9.13. The molecule has 4 nitrogen and oxygen atoms in total. The van der Waals surface area contributed by atoms with E-state index >= 15 is 0 Å². The largest absolute Gasteiger partial charge is 0.469 e. The van der Waals surface area contributed by atoms with E-state index < -0.39 is 0 Å². The molecule has 1 aliphatic heterocycles. The van der Waals surface area contributed by atoms with Gasteiger partial charge in [-0.2, -0.15) is 0 Å². The topological polar surface area (TPSA) is 47.6 Å². The molecule has 1 saturated heterocycles. The number of carbonyl (C=O) groups excluding carboxylic acids is 1. The second-order valence-corrected chi connectivity index (χ2v) is 6.07. The van der Waals surface area contributed by atoms with Gasteiger partial charge in [0.2, 0.25) is 0 Å². The third kappa shape index (κ3) is 5.27. The van der Waals surface area contributed by atoms with Gasteiger partial charge in [0.1, 0.15) is 0 Å². The van der Waals surface area contributed by atoms with Crippen LogP contribution in [-0.2, 0) is 14.3 Å². The van der Waals surface area contributed by atoms with E-state index in [1.165, 1.54) is 7.11 Å². The Labute approximate surface area is 137 Å². The molecule has 1 aromatic carbocycles. The molecule has 122 valence electrons. The Morgan fingerprint density at radius 3 is 3.05 bits per heavy atom. The first-order chi connectivity index (χ1) is 10.7. The number of piperidine rings is 1. The zero-order valence-corrected chi connectivity index (χ0v) is 13.8. The lowest BCUT2D eigenvalue weighted by Crippen LogP contribution is -2.34. The van der Waals surface area contributed by atoms with Gasteiger partial charge in [-0.15, -0.1) is 0 Å². The fourth-order valence-corrected chi connectivity index (χ4v) is 3.05. The zero-order valence-electron chi connectivity index (χ0n) is 13.0. The Hall–Kier alpha value is -1.10. The molecule has 0 saturated carbocycles. The Morgan fingerprint density at radius 1 is 1.50 bits per heavy atom. The Balaban J connectivity index is 1.97. The van der Waals surface area contributed by atoms with E-state index in [1.54, 1.807) is 0 Å². The molecule has 0 aromatic heterocycles. The lowest BCUT2D eigenvalue weighted by Gasteiger charge is -2.31. The molecule has 0 aliphatic carbocycles. The first kappa shape index (κ1) is 17.3. The summed E-state index contributed by atoms with van der Waals surface area (Å²) in [5.41, 5.74) is 1.11. The van der Waals surface area contributed by atoms with Crippen molar-refractivity contribution in [3.05, 3.63) is 34.9 Å². The number of rotatable bonds is 7. The molecule has 1 N–H and O–H groups in total. The number of hydrogen-bond acceptors (Lipinski definition) is 4. The van der Waals surface area contributed by atoms with Crippen LogP contribution >= 0.6 is 11.6 Å². The smallest absolute Gasteiger partial charge is 0.305 e. The van der Waals surface area contributed by atoms with Crippen molar-refractivity contribution in [3.63, 3.8) is 0 Å². The van der Waals surface area contributed by atoms with Crippen LogP contribution < -0.4 is 5.32 Å². The molecule has 0 radical (unpaired) electrons. The van der Waals surface area contributed by atoms with Crippen LogP contribution in [0.25, 0.3) is 0 Å². The highest BCUT2D eigenvalue weighted by Gasteiger charge is 2.25. The lowest BCUT2D eigenvalue weighted by atomic mass is 9.89. The highest BCUT2D eigenvalue weighted by molar-refractivity contribution is 6.30. The second-order valence-electron chi connectivity index (χ2n) is 5.63. The van der Waals surface area contributed by atoms with Gasteiger partial charge in [-0.1, -0.05) is 23.7 Å². The predicted octanol–water partition coefficient (Wildman–Crippen LogP) is 3.35. The summed E-state index contributed by atoms with van der Waals surface area (Å²) in [6, 6.07) is 7.86. The van der Waals surface area contributed by atoms with E-state index in [-0.39, 0.29) is 12.1 Å². The number of esters is 1. The monoisotopic (exact) mass is 325 g/mol. The van der Waals surface area contributed by atoms with Crippen molar-refractivity contribution in [2.45, 2.75) is 31.8 Å². The van der Waals surface area contributed by atoms with Gasteiger partial charge in [0.05, 0.1) is 13.2 Å². The van der Waals surface area contributed by atoms with Crippen molar-refractivity contribution in [2.24, 2.45) is 5.92 Å². The third-order valence-electron chi connectivity index (χ3n) is 3.99. The standard InChI is InChI=1S/C17H24ClNO3/c1-21-16(20)8-4-10-22-17(14-6-3-9-19-12-14)13-5-2-7-15(18)11-13/h2,5,7,11,14,17,19H,3-4,6,8-10,12H2,1H3/t14?,17-/m0/s1. The number of ether oxygens (including phenoxy) is 2. The molecule has 1 fully saturated rings. The predicted molar refractivity (Wildman–Crippen MR) is 87.0 cm³/mol. The molecule has 1 heterocycles. The molecular formula is C17H24ClNO3. The SMILES string of the molecule is COC(=O)CCCO[C@@H](c1cccc(Cl)c1)C1CCCNC1. The molecular weight excluding hydrogens is 302 g/mol. The molecule has 1 aromatic rings. The maximum atomic E-state index is 11.2. The van der Waals surface area contributed by atoms with Crippen molar-refractivity contribution in [1.82, 2.24) is 5.32 Å². The first-order valence-electron chi connectivity index (χ1n) is 7.85. The molecule has 2 rings (SSSR count). The quantitative estimate of drug-likeness (QED) is 0.617. The Morgan fingerprint density at radius 2 is 2.36 bits per heavy atom. The van der Waals surface area contributed by atoms with E-state index in [0.717, 1.165) is 36.5 Å². The number of nitrogens with one attached hydrogen (secondary N) is 1. The summed E-state index contributed by atoms with van der Waals surface area (Å²) in [6.07, 6.45) is 3.38. The van der Waals surface area contributed by atoms with Crippen LogP contribution in [-0.4, -0.2) is 32.8 Å². The summed E-state index contributed by atoms with van der Waals surface area (Å²) in [5.74, 6) is 0.243. The number of halogens is 1. The van der Waals surface area contributed by atoms with Crippen LogP contribution in [0.3, 0.4) is 0 Å². The van der Waals surface area contributed by atoms with Crippen molar-refractivity contribution in [3.8, 4) is 0 Å². The number of methoxy groups -OCH3 is 1. The lowest BCUT2D eigenvalue weighted by molar-refractivity contribution is -0.141. The maximum Gasteiger partial charge on any atom is 0.305 e. The molecule has 1 aliphatic rings. The summed E-state index contributed by atoms with van der Waals surface area (Å²) < 4.78 is 10.8. The number of benzene rings is 1. The average Bonchev–Trinajstić information content (AvgIpc) is 2.55. The van der Waals surface area contributed by atoms with Gasteiger partial charge in [-0.05, 0) is 43.5 Å². The van der Waals surface area contributed by atoms with Gasteiger partial charge < -0.3 is 14.8 Å². The van der Waals surface area contributed by atoms with E-state index in [2.05, 4.69) is 16.1 Å². The van der Waals surface area contributed by atoms with Gasteiger partial charge in [-0.3, -0.25) is 4.79 Å². The van der Waals surface area contributed by atoms with Crippen LogP contribution in [0.2, 0.25) is 5.02 Å². The fourth-order valence-electron chi connectivity index (χ4n) is 2.85. The van der Waals surface area contributed by atoms with Gasteiger partial charge in [0, 0.05) is 30.5 Å². The van der Waals surface area contributed by atoms with E-state index in [4.69, 9.17) is 16.3 Å². The van der Waals surface area contributed by atoms with Gasteiger partial charge in [0.25, 0.3) is 0 Å². The van der Waals surface area contributed by atoms with Crippen LogP contribution in [0.4, 0.5) is 0 Å². The number of hydrogen-bond donors (Lipinski definition) is 1. The summed E-state index contributed by atoms with van der Waals surface area (Å²) in [7, 11) is 1.41. The third-order valence-corrected chi connectivity index (χ3v) is 4.23. The van der Waals surface area contributed by atoms with E-state index in [0.29, 0.717) is 25.4 Å². The van der Waals surface area contributed by atoms with Gasteiger partial charge >= 0.3 is 5.97 Å². The molecule has 0 spiro atoms. The van der Waals surface area contributed by atoms with Crippen molar-refractivity contribution < 1.29 is 14.3 Å². The summed E-state index contributed by atoms with van der Waals surface area (Å²) >= 11 is 6.12. The molecule has 2 atom stereocenters. The van der Waals surface area contributed by atoms with Gasteiger partial charge in [0.15, 0.2) is 0 Å². The Kier molecular flexibility index (Phi) is 7.16. The molecule has 0 bridgehead atoms.